The molecule has 3 aromatic carbocycles. The number of carbonyl (C=O) groups is 1. The molecular weight excluding hydrogens is 418 g/mol. The van der Waals surface area contributed by atoms with E-state index in [0.717, 1.165) is 49.9 Å². The van der Waals surface area contributed by atoms with E-state index in [1.165, 1.54) is 15.4 Å². The Morgan fingerprint density at radius 3 is 2.31 bits per heavy atom. The van der Waals surface area contributed by atoms with Crippen LogP contribution in [0.1, 0.15) is 12.0 Å². The van der Waals surface area contributed by atoms with Crippen molar-refractivity contribution >= 4 is 34.7 Å². The molecule has 0 saturated carbocycles. The van der Waals surface area contributed by atoms with E-state index in [9.17, 15) is 4.79 Å². The second kappa shape index (κ2) is 9.77. The summed E-state index contributed by atoms with van der Waals surface area (Å²) in [5.41, 5.74) is 4.39. The second-order valence-corrected chi connectivity index (χ2v) is 9.16. The van der Waals surface area contributed by atoms with Gasteiger partial charge in [-0.1, -0.05) is 48.2 Å². The Hall–Kier alpha value is -2.80. The minimum Gasteiger partial charge on any atom is -0.379 e. The van der Waals surface area contributed by atoms with Gasteiger partial charge >= 0.3 is 0 Å². The first-order chi connectivity index (χ1) is 15.8. The number of rotatable bonds is 6. The first kappa shape index (κ1) is 21.1. The number of carbonyl (C=O) groups excluding carboxylic acids is 1. The topological polar surface area (TPSA) is 44.8 Å². The van der Waals surface area contributed by atoms with Gasteiger partial charge in [-0.2, -0.15) is 0 Å². The quantitative estimate of drug-likeness (QED) is 0.568. The first-order valence-electron chi connectivity index (χ1n) is 11.1. The first-order valence-corrected chi connectivity index (χ1v) is 11.9. The molecule has 0 aromatic heterocycles. The van der Waals surface area contributed by atoms with E-state index in [0.29, 0.717) is 13.0 Å². The van der Waals surface area contributed by atoms with Crippen LogP contribution in [0.3, 0.4) is 0 Å². The lowest BCUT2D eigenvalue weighted by Crippen LogP contribution is -2.35. The summed E-state index contributed by atoms with van der Waals surface area (Å²) in [5, 5.41) is 3.09. The van der Waals surface area contributed by atoms with Crippen LogP contribution in [-0.2, 0) is 16.1 Å². The third kappa shape index (κ3) is 4.83. The van der Waals surface area contributed by atoms with Crippen LogP contribution < -0.4 is 10.2 Å². The van der Waals surface area contributed by atoms with E-state index >= 15 is 0 Å². The predicted octanol–water partition coefficient (Wildman–Crippen LogP) is 5.15. The number of fused-ring (bicyclic) bond motifs is 2. The number of nitrogens with zero attached hydrogens (tertiary/aromatic N) is 2. The molecule has 1 saturated heterocycles. The van der Waals surface area contributed by atoms with Crippen molar-refractivity contribution in [1.29, 1.82) is 0 Å². The average Bonchev–Trinajstić information content (AvgIpc) is 2.82. The van der Waals surface area contributed by atoms with Gasteiger partial charge in [0.1, 0.15) is 0 Å². The molecule has 3 aromatic rings. The number of para-hydroxylation sites is 2. The maximum Gasteiger partial charge on any atom is 0.226 e. The highest BCUT2D eigenvalue weighted by Crippen LogP contribution is 2.47. The molecule has 1 N–H and O–H groups in total. The van der Waals surface area contributed by atoms with Crippen molar-refractivity contribution in [2.24, 2.45) is 0 Å². The minimum absolute atomic E-state index is 0.0294. The lowest BCUT2D eigenvalue weighted by atomic mass is 10.1. The Kier molecular flexibility index (Phi) is 6.44. The molecule has 1 fully saturated rings. The van der Waals surface area contributed by atoms with Crippen LogP contribution in [0.25, 0.3) is 0 Å². The van der Waals surface area contributed by atoms with Crippen molar-refractivity contribution in [2.45, 2.75) is 22.8 Å². The number of hydrogen-bond donors (Lipinski definition) is 1. The van der Waals surface area contributed by atoms with Crippen molar-refractivity contribution in [3.63, 3.8) is 0 Å². The predicted molar refractivity (Wildman–Crippen MR) is 130 cm³/mol. The molecule has 0 aliphatic carbocycles. The molecule has 0 radical (unpaired) electrons. The van der Waals surface area contributed by atoms with Gasteiger partial charge in [-0.05, 0) is 42.0 Å². The van der Waals surface area contributed by atoms with Crippen molar-refractivity contribution < 1.29 is 9.53 Å². The molecule has 164 valence electrons. The molecule has 6 heteroatoms. The van der Waals surface area contributed by atoms with E-state index in [2.05, 4.69) is 75.8 Å². The summed E-state index contributed by atoms with van der Waals surface area (Å²) in [6.45, 7) is 5.00. The molecule has 0 spiro atoms. The number of hydrogen-bond acceptors (Lipinski definition) is 5. The molecule has 2 heterocycles. The van der Waals surface area contributed by atoms with Crippen LogP contribution in [0.2, 0.25) is 0 Å². The highest BCUT2D eigenvalue weighted by atomic mass is 32.2. The Bertz CT molecular complexity index is 1050. The standard InChI is InChI=1S/C26H27N3O2S/c30-26(27-21-7-5-6-20(18-21)19-28-14-16-31-17-15-28)12-13-29-22-8-1-3-10-24(22)32-25-11-4-2-9-23(25)29/h1-11,18H,12-17,19H2,(H,27,30). The van der Waals surface area contributed by atoms with Crippen molar-refractivity contribution in [3.8, 4) is 0 Å². The Morgan fingerprint density at radius 1 is 0.906 bits per heavy atom. The summed E-state index contributed by atoms with van der Waals surface area (Å²) < 4.78 is 5.43. The highest BCUT2D eigenvalue weighted by Gasteiger charge is 2.23. The van der Waals surface area contributed by atoms with E-state index in [-0.39, 0.29) is 5.91 Å². The molecule has 32 heavy (non-hydrogen) atoms. The van der Waals surface area contributed by atoms with Gasteiger partial charge in [0.15, 0.2) is 0 Å². The number of amides is 1. The normalized spacial score (nSPS) is 15.7. The summed E-state index contributed by atoms with van der Waals surface area (Å²) in [6.07, 6.45) is 0.418. The summed E-state index contributed by atoms with van der Waals surface area (Å²) in [5.74, 6) is 0.0294. The maximum absolute atomic E-state index is 12.8. The van der Waals surface area contributed by atoms with Crippen LogP contribution in [0, 0.1) is 0 Å². The van der Waals surface area contributed by atoms with Gasteiger partial charge in [-0.15, -0.1) is 0 Å². The summed E-state index contributed by atoms with van der Waals surface area (Å²) in [7, 11) is 0. The fourth-order valence-corrected chi connectivity index (χ4v) is 5.32. The fourth-order valence-electron chi connectivity index (χ4n) is 4.22. The molecule has 5 rings (SSSR count). The molecule has 2 aliphatic rings. The molecule has 1 amide bonds. The Morgan fingerprint density at radius 2 is 1.59 bits per heavy atom. The van der Waals surface area contributed by atoms with Gasteiger partial charge in [-0.3, -0.25) is 9.69 Å². The highest BCUT2D eigenvalue weighted by molar-refractivity contribution is 7.99. The smallest absolute Gasteiger partial charge is 0.226 e. The van der Waals surface area contributed by atoms with Gasteiger partial charge in [0.05, 0.1) is 24.6 Å². The summed E-state index contributed by atoms with van der Waals surface area (Å²) in [4.78, 5) is 19.9. The molecule has 0 atom stereocenters. The monoisotopic (exact) mass is 445 g/mol. The molecule has 5 nitrogen and oxygen atoms in total. The lowest BCUT2D eigenvalue weighted by molar-refractivity contribution is -0.116. The third-order valence-corrected chi connectivity index (χ3v) is 6.95. The van der Waals surface area contributed by atoms with Crippen LogP contribution in [0.4, 0.5) is 17.1 Å². The van der Waals surface area contributed by atoms with Crippen molar-refractivity contribution in [2.75, 3.05) is 43.1 Å². The number of ether oxygens (including phenoxy) is 1. The molecular formula is C26H27N3O2S. The van der Waals surface area contributed by atoms with E-state index < -0.39 is 0 Å². The minimum atomic E-state index is 0.0294. The number of morpholine rings is 1. The molecule has 2 aliphatic heterocycles. The van der Waals surface area contributed by atoms with Gasteiger partial charge in [-0.25, -0.2) is 0 Å². The SMILES string of the molecule is O=C(CCN1c2ccccc2Sc2ccccc21)Nc1cccc(CN2CCOCC2)c1. The zero-order valence-corrected chi connectivity index (χ0v) is 18.8. The average molecular weight is 446 g/mol. The van der Waals surface area contributed by atoms with Gasteiger partial charge in [0, 0.05) is 48.1 Å². The van der Waals surface area contributed by atoms with Crippen LogP contribution >= 0.6 is 11.8 Å². The van der Waals surface area contributed by atoms with E-state index in [4.69, 9.17) is 4.74 Å². The Balaban J connectivity index is 1.24. The molecule has 0 bridgehead atoms. The molecule has 0 unspecified atom stereocenters. The largest absolute Gasteiger partial charge is 0.379 e. The second-order valence-electron chi connectivity index (χ2n) is 8.08. The Labute approximate surface area is 193 Å². The number of benzene rings is 3. The van der Waals surface area contributed by atoms with Crippen LogP contribution in [0.15, 0.2) is 82.6 Å². The number of anilines is 3. The number of nitrogens with one attached hydrogen (secondary N) is 1. The zero-order valence-electron chi connectivity index (χ0n) is 18.0. The van der Waals surface area contributed by atoms with Crippen LogP contribution in [-0.4, -0.2) is 43.7 Å². The van der Waals surface area contributed by atoms with Gasteiger partial charge in [0.25, 0.3) is 0 Å². The van der Waals surface area contributed by atoms with Crippen molar-refractivity contribution in [3.05, 3.63) is 78.4 Å². The summed E-state index contributed by atoms with van der Waals surface area (Å²) in [6, 6.07) is 25.0. The summed E-state index contributed by atoms with van der Waals surface area (Å²) >= 11 is 1.78. The van der Waals surface area contributed by atoms with E-state index in [1.807, 2.05) is 12.1 Å². The third-order valence-electron chi connectivity index (χ3n) is 5.82. The van der Waals surface area contributed by atoms with E-state index in [1.54, 1.807) is 11.8 Å². The lowest BCUT2D eigenvalue weighted by Gasteiger charge is -2.32. The maximum atomic E-state index is 12.8. The van der Waals surface area contributed by atoms with Gasteiger partial charge in [0.2, 0.25) is 5.91 Å². The van der Waals surface area contributed by atoms with Crippen LogP contribution in [0.5, 0.6) is 0 Å². The van der Waals surface area contributed by atoms with Crippen molar-refractivity contribution in [1.82, 2.24) is 4.90 Å². The fraction of sp³-hybridized carbons (Fsp3) is 0.269. The van der Waals surface area contributed by atoms with Gasteiger partial charge < -0.3 is 15.0 Å². The zero-order chi connectivity index (χ0) is 21.8.